The van der Waals surface area contributed by atoms with Gasteiger partial charge in [-0.05, 0) is 24.6 Å². The maximum atomic E-state index is 13.8. The number of pyridine rings is 1. The summed E-state index contributed by atoms with van der Waals surface area (Å²) in [6.07, 6.45) is 2.24. The number of halogens is 2. The lowest BCUT2D eigenvalue weighted by molar-refractivity contribution is 0.0943. The summed E-state index contributed by atoms with van der Waals surface area (Å²) in [6, 6.07) is 7.84. The van der Waals surface area contributed by atoms with Crippen LogP contribution in [0.15, 0.2) is 36.5 Å². The molecule has 24 heavy (non-hydrogen) atoms. The molecule has 0 bridgehead atoms. The van der Waals surface area contributed by atoms with Crippen LogP contribution in [0.3, 0.4) is 0 Å². The molecular weight excluding hydrogens is 327 g/mol. The fourth-order valence-electron chi connectivity index (χ4n) is 2.52. The Morgan fingerprint density at radius 3 is 2.88 bits per heavy atom. The van der Waals surface area contributed by atoms with Gasteiger partial charge in [0.25, 0.3) is 5.91 Å². The predicted molar refractivity (Wildman–Crippen MR) is 92.5 cm³/mol. The van der Waals surface area contributed by atoms with Gasteiger partial charge in [-0.2, -0.15) is 0 Å². The first-order valence-corrected chi connectivity index (χ1v) is 7.86. The van der Waals surface area contributed by atoms with Crippen LogP contribution in [0.2, 0.25) is 5.02 Å². The molecule has 2 radical (unpaired) electrons. The third-order valence-corrected chi connectivity index (χ3v) is 3.94. The van der Waals surface area contributed by atoms with E-state index in [0.717, 1.165) is 0 Å². The fourth-order valence-corrected chi connectivity index (χ4v) is 2.68. The number of aryl methyl sites for hydroxylation is 1. The monoisotopic (exact) mass is 341 g/mol. The van der Waals surface area contributed by atoms with Crippen molar-refractivity contribution in [2.45, 2.75) is 19.9 Å². The second-order valence-electron chi connectivity index (χ2n) is 5.37. The molecular formula is C17H14BClFN3O. The Bertz CT molecular complexity index is 926. The molecule has 1 amide bonds. The van der Waals surface area contributed by atoms with Gasteiger partial charge >= 0.3 is 0 Å². The highest BCUT2D eigenvalue weighted by Crippen LogP contribution is 2.17. The highest BCUT2D eigenvalue weighted by molar-refractivity contribution is 6.32. The molecule has 0 aliphatic heterocycles. The van der Waals surface area contributed by atoms with Gasteiger partial charge in [0, 0.05) is 18.3 Å². The Balaban J connectivity index is 1.89. The Morgan fingerprint density at radius 2 is 2.17 bits per heavy atom. The quantitative estimate of drug-likeness (QED) is 0.741. The Labute approximate surface area is 145 Å². The first-order valence-electron chi connectivity index (χ1n) is 7.48. The third-order valence-electron chi connectivity index (χ3n) is 3.72. The highest BCUT2D eigenvalue weighted by atomic mass is 35.5. The van der Waals surface area contributed by atoms with Crippen molar-refractivity contribution in [3.8, 4) is 0 Å². The van der Waals surface area contributed by atoms with E-state index in [-0.39, 0.29) is 12.5 Å². The van der Waals surface area contributed by atoms with Gasteiger partial charge in [0.1, 0.15) is 25.0 Å². The van der Waals surface area contributed by atoms with Crippen molar-refractivity contribution in [3.63, 3.8) is 0 Å². The minimum Gasteiger partial charge on any atom is -0.347 e. The molecule has 0 aliphatic rings. The van der Waals surface area contributed by atoms with Crippen molar-refractivity contribution >= 4 is 36.5 Å². The van der Waals surface area contributed by atoms with Crippen molar-refractivity contribution in [2.24, 2.45) is 0 Å². The van der Waals surface area contributed by atoms with Crippen molar-refractivity contribution in [1.29, 1.82) is 0 Å². The summed E-state index contributed by atoms with van der Waals surface area (Å²) < 4.78 is 15.5. The average Bonchev–Trinajstić information content (AvgIpc) is 2.91. The molecule has 0 saturated carbocycles. The van der Waals surface area contributed by atoms with Crippen LogP contribution in [-0.2, 0) is 13.0 Å². The largest absolute Gasteiger partial charge is 0.347 e. The number of rotatable bonds is 4. The van der Waals surface area contributed by atoms with E-state index in [1.165, 1.54) is 6.07 Å². The Kier molecular flexibility index (Phi) is 4.58. The maximum absolute atomic E-state index is 13.8. The zero-order valence-corrected chi connectivity index (χ0v) is 13.8. The molecule has 1 N–H and O–H groups in total. The van der Waals surface area contributed by atoms with Gasteiger partial charge in [-0.15, -0.1) is 0 Å². The molecule has 7 heteroatoms. The standard InChI is InChI=1S/C17H14BClFN3O/c1-2-14-16(23-9-12(19)5-6-15(23)22-14)17(24)21-8-10-3-4-11(18)7-13(10)20/h3-7,9H,2,8H2,1H3,(H,21,24). The van der Waals surface area contributed by atoms with Crippen LogP contribution in [0.5, 0.6) is 0 Å². The predicted octanol–water partition coefficient (Wildman–Crippen LogP) is 2.41. The minimum atomic E-state index is -0.452. The van der Waals surface area contributed by atoms with E-state index in [0.29, 0.717) is 39.5 Å². The molecule has 0 aliphatic carbocycles. The van der Waals surface area contributed by atoms with Crippen LogP contribution in [-0.4, -0.2) is 23.1 Å². The summed E-state index contributed by atoms with van der Waals surface area (Å²) in [5, 5.41) is 3.23. The second-order valence-corrected chi connectivity index (χ2v) is 5.81. The van der Waals surface area contributed by atoms with Crippen molar-refractivity contribution in [3.05, 3.63) is 64.3 Å². The summed E-state index contributed by atoms with van der Waals surface area (Å²) in [6.45, 7) is 1.97. The summed E-state index contributed by atoms with van der Waals surface area (Å²) in [4.78, 5) is 17.0. The van der Waals surface area contributed by atoms with Gasteiger partial charge in [-0.3, -0.25) is 9.20 Å². The summed E-state index contributed by atoms with van der Waals surface area (Å²) in [5.74, 6) is -0.787. The first kappa shape index (κ1) is 16.5. The average molecular weight is 342 g/mol. The number of hydrogen-bond acceptors (Lipinski definition) is 2. The van der Waals surface area contributed by atoms with Crippen molar-refractivity contribution < 1.29 is 9.18 Å². The van der Waals surface area contributed by atoms with Crippen LogP contribution < -0.4 is 10.8 Å². The SMILES string of the molecule is [B]c1ccc(CNC(=O)c2c(CC)nc3ccc(Cl)cn23)c(F)c1. The van der Waals surface area contributed by atoms with Crippen LogP contribution >= 0.6 is 11.6 Å². The smallest absolute Gasteiger partial charge is 0.270 e. The molecule has 3 rings (SSSR count). The lowest BCUT2D eigenvalue weighted by atomic mass is 9.95. The van der Waals surface area contributed by atoms with E-state index in [1.807, 2.05) is 6.92 Å². The molecule has 0 spiro atoms. The zero-order valence-electron chi connectivity index (χ0n) is 13.0. The number of fused-ring (bicyclic) bond motifs is 1. The van der Waals surface area contributed by atoms with Crippen molar-refractivity contribution in [2.75, 3.05) is 0 Å². The van der Waals surface area contributed by atoms with Gasteiger partial charge in [0.15, 0.2) is 0 Å². The second kappa shape index (κ2) is 6.65. The fraction of sp³-hybridized carbons (Fsp3) is 0.176. The number of nitrogens with one attached hydrogen (secondary N) is 1. The number of carbonyl (C=O) groups is 1. The number of carbonyl (C=O) groups excluding carboxylic acids is 1. The van der Waals surface area contributed by atoms with Crippen LogP contribution in [0.1, 0.15) is 28.7 Å². The van der Waals surface area contributed by atoms with Crippen LogP contribution in [0.4, 0.5) is 4.39 Å². The Hall–Kier alpha value is -2.34. The van der Waals surface area contributed by atoms with Gasteiger partial charge in [0.05, 0.1) is 10.7 Å². The first-order chi connectivity index (χ1) is 11.5. The summed E-state index contributed by atoms with van der Waals surface area (Å²) in [7, 11) is 5.52. The molecule has 120 valence electrons. The van der Waals surface area contributed by atoms with E-state index in [2.05, 4.69) is 10.3 Å². The minimum absolute atomic E-state index is 0.0574. The van der Waals surface area contributed by atoms with Crippen molar-refractivity contribution in [1.82, 2.24) is 14.7 Å². The number of aromatic nitrogens is 2. The number of benzene rings is 1. The molecule has 2 aromatic heterocycles. The zero-order chi connectivity index (χ0) is 17.3. The number of hydrogen-bond donors (Lipinski definition) is 1. The lowest BCUT2D eigenvalue weighted by Gasteiger charge is -2.08. The van der Waals surface area contributed by atoms with E-state index >= 15 is 0 Å². The molecule has 0 fully saturated rings. The maximum Gasteiger partial charge on any atom is 0.270 e. The summed E-state index contributed by atoms with van der Waals surface area (Å²) in [5.41, 5.74) is 2.41. The van der Waals surface area contributed by atoms with Crippen LogP contribution in [0.25, 0.3) is 5.65 Å². The molecule has 0 unspecified atom stereocenters. The topological polar surface area (TPSA) is 46.4 Å². The molecule has 2 heterocycles. The van der Waals surface area contributed by atoms with E-state index < -0.39 is 5.82 Å². The molecule has 0 atom stereocenters. The molecule has 4 nitrogen and oxygen atoms in total. The van der Waals surface area contributed by atoms with E-state index in [1.54, 1.807) is 34.9 Å². The third kappa shape index (κ3) is 3.15. The number of imidazole rings is 1. The molecule has 1 aromatic carbocycles. The van der Waals surface area contributed by atoms with E-state index in [4.69, 9.17) is 19.4 Å². The number of amides is 1. The van der Waals surface area contributed by atoms with E-state index in [9.17, 15) is 9.18 Å². The van der Waals surface area contributed by atoms with Gasteiger partial charge < -0.3 is 5.32 Å². The van der Waals surface area contributed by atoms with Gasteiger partial charge in [-0.25, -0.2) is 9.37 Å². The summed E-state index contributed by atoms with van der Waals surface area (Å²) >= 11 is 6.01. The normalized spacial score (nSPS) is 11.0. The Morgan fingerprint density at radius 1 is 1.38 bits per heavy atom. The van der Waals surface area contributed by atoms with Gasteiger partial charge in [-0.1, -0.05) is 36.1 Å². The number of nitrogens with zero attached hydrogens (tertiary/aromatic N) is 2. The van der Waals surface area contributed by atoms with Gasteiger partial charge in [0.2, 0.25) is 0 Å². The highest BCUT2D eigenvalue weighted by Gasteiger charge is 2.18. The molecule has 0 saturated heterocycles. The van der Waals surface area contributed by atoms with Crippen LogP contribution in [0, 0.1) is 5.82 Å². The lowest BCUT2D eigenvalue weighted by Crippen LogP contribution is -2.26. The molecule has 3 aromatic rings.